The molecule has 0 fully saturated rings. The van der Waals surface area contributed by atoms with Crippen molar-refractivity contribution in [3.8, 4) is 5.40 Å². The number of thioether (sulfide) groups is 1. The Morgan fingerprint density at radius 1 is 0.476 bits per heavy atom. The van der Waals surface area contributed by atoms with Crippen LogP contribution in [-0.2, 0) is 0 Å². The minimum Gasteiger partial charge on any atom is -0.454 e. The van der Waals surface area contributed by atoms with Crippen molar-refractivity contribution in [2.45, 2.75) is 4.90 Å². The minimum atomic E-state index is 0.855. The number of hydrogen-bond acceptors (Lipinski definition) is 5. The van der Waals surface area contributed by atoms with Gasteiger partial charge in [0.15, 0.2) is 5.58 Å². The Kier molecular flexibility index (Phi) is 6.81. The maximum atomic E-state index is 9.08. The van der Waals surface area contributed by atoms with E-state index in [4.69, 9.17) is 9.68 Å². The van der Waals surface area contributed by atoms with Crippen LogP contribution in [0.1, 0.15) is 0 Å². The molecule has 0 spiro atoms. The summed E-state index contributed by atoms with van der Waals surface area (Å²) < 4.78 is 6.44. The van der Waals surface area contributed by atoms with Gasteiger partial charge in [0.25, 0.3) is 0 Å². The molecule has 0 unspecified atom stereocenters. The predicted octanol–water partition coefficient (Wildman–Crippen LogP) is 11.1. The molecule has 0 amide bonds. The number of nitrogens with zero attached hydrogens (tertiary/aromatic N) is 3. The Labute approximate surface area is 248 Å². The van der Waals surface area contributed by atoms with E-state index in [1.54, 1.807) is 0 Å². The molecule has 1 heterocycles. The average molecular weight is 560 g/mol. The second-order valence-corrected chi connectivity index (χ2v) is 10.7. The maximum Gasteiger partial charge on any atom is 0.159 e. The van der Waals surface area contributed by atoms with Gasteiger partial charge >= 0.3 is 0 Å². The zero-order chi connectivity index (χ0) is 28.3. The third-order valence-corrected chi connectivity index (χ3v) is 7.88. The Balaban J connectivity index is 1.34. The van der Waals surface area contributed by atoms with Crippen molar-refractivity contribution in [3.05, 3.63) is 152 Å². The number of furan rings is 1. The number of thiocyanates is 1. The van der Waals surface area contributed by atoms with Crippen LogP contribution in [0.4, 0.5) is 34.1 Å². The lowest BCUT2D eigenvalue weighted by Crippen LogP contribution is -2.12. The molecule has 0 bridgehead atoms. The standard InChI is InChI=1S/C37H25N3OS/c38-26-42-32-24-22-30(23-25-32)39(27-10-3-1-4-11-27)29-18-20-31(21-19-29)40(28-12-5-2-6-13-28)35-16-9-15-34-33-14-7-8-17-36(33)41-37(34)35/h1-25H. The first-order valence-electron chi connectivity index (χ1n) is 13.7. The monoisotopic (exact) mass is 559 g/mol. The van der Waals surface area contributed by atoms with Gasteiger partial charge in [-0.15, -0.1) is 0 Å². The highest BCUT2D eigenvalue weighted by atomic mass is 32.2. The normalized spacial score (nSPS) is 10.9. The quantitative estimate of drug-likeness (QED) is 0.144. The molecule has 0 aliphatic rings. The lowest BCUT2D eigenvalue weighted by Gasteiger charge is -2.28. The second-order valence-electron chi connectivity index (χ2n) is 9.80. The molecule has 0 radical (unpaired) electrons. The second kappa shape index (κ2) is 11.2. The number of nitriles is 1. The van der Waals surface area contributed by atoms with Crippen LogP contribution in [0, 0.1) is 10.7 Å². The zero-order valence-corrected chi connectivity index (χ0v) is 23.4. The molecule has 6 aromatic carbocycles. The topological polar surface area (TPSA) is 43.4 Å². The molecule has 200 valence electrons. The Hall–Kier alpha value is -5.44. The van der Waals surface area contributed by atoms with E-state index in [1.165, 1.54) is 0 Å². The third kappa shape index (κ3) is 4.75. The van der Waals surface area contributed by atoms with Crippen molar-refractivity contribution in [2.24, 2.45) is 0 Å². The van der Waals surface area contributed by atoms with Crippen molar-refractivity contribution in [1.82, 2.24) is 0 Å². The van der Waals surface area contributed by atoms with E-state index in [1.807, 2.05) is 54.6 Å². The van der Waals surface area contributed by atoms with E-state index in [-0.39, 0.29) is 0 Å². The molecule has 0 saturated carbocycles. The highest BCUT2D eigenvalue weighted by Gasteiger charge is 2.20. The highest BCUT2D eigenvalue weighted by Crippen LogP contribution is 2.43. The van der Waals surface area contributed by atoms with Crippen LogP contribution in [-0.4, -0.2) is 0 Å². The van der Waals surface area contributed by atoms with Crippen LogP contribution in [0.3, 0.4) is 0 Å². The third-order valence-electron chi connectivity index (χ3n) is 7.28. The molecule has 7 aromatic rings. The Morgan fingerprint density at radius 2 is 0.976 bits per heavy atom. The number of fused-ring (bicyclic) bond motifs is 3. The summed E-state index contributed by atoms with van der Waals surface area (Å²) in [5.41, 5.74) is 7.87. The minimum absolute atomic E-state index is 0.855. The number of rotatable bonds is 7. The van der Waals surface area contributed by atoms with Crippen molar-refractivity contribution < 1.29 is 4.42 Å². The summed E-state index contributed by atoms with van der Waals surface area (Å²) in [4.78, 5) is 5.38. The maximum absolute atomic E-state index is 9.08. The van der Waals surface area contributed by atoms with Gasteiger partial charge in [-0.1, -0.05) is 66.7 Å². The van der Waals surface area contributed by atoms with Crippen molar-refractivity contribution >= 4 is 67.8 Å². The fraction of sp³-hybridized carbons (Fsp3) is 0. The van der Waals surface area contributed by atoms with E-state index < -0.39 is 0 Å². The molecule has 7 rings (SSSR count). The first kappa shape index (κ1) is 25.5. The summed E-state index contributed by atoms with van der Waals surface area (Å²) in [6.45, 7) is 0. The molecule has 0 aliphatic carbocycles. The van der Waals surface area contributed by atoms with Gasteiger partial charge in [-0.2, -0.15) is 5.26 Å². The van der Waals surface area contributed by atoms with E-state index in [0.717, 1.165) is 72.7 Å². The molecular formula is C37H25N3OS. The number of benzene rings is 6. The summed E-state index contributed by atoms with van der Waals surface area (Å²) in [5.74, 6) is 0. The lowest BCUT2D eigenvalue weighted by atomic mass is 10.1. The first-order chi connectivity index (χ1) is 20.8. The van der Waals surface area contributed by atoms with Crippen molar-refractivity contribution in [1.29, 1.82) is 5.26 Å². The van der Waals surface area contributed by atoms with E-state index in [9.17, 15) is 0 Å². The number of para-hydroxylation sites is 4. The summed E-state index contributed by atoms with van der Waals surface area (Å²) in [6.07, 6.45) is 0. The summed E-state index contributed by atoms with van der Waals surface area (Å²) in [7, 11) is 0. The molecule has 4 nitrogen and oxygen atoms in total. The van der Waals surface area contributed by atoms with Gasteiger partial charge in [-0.25, -0.2) is 0 Å². The summed E-state index contributed by atoms with van der Waals surface area (Å²) >= 11 is 1.16. The zero-order valence-electron chi connectivity index (χ0n) is 22.6. The van der Waals surface area contributed by atoms with Gasteiger partial charge in [-0.05, 0) is 96.7 Å². The van der Waals surface area contributed by atoms with Crippen LogP contribution in [0.15, 0.2) is 161 Å². The van der Waals surface area contributed by atoms with Crippen LogP contribution < -0.4 is 9.80 Å². The Bertz CT molecular complexity index is 2010. The molecule has 5 heteroatoms. The van der Waals surface area contributed by atoms with Gasteiger partial charge in [0.05, 0.1) is 5.69 Å². The van der Waals surface area contributed by atoms with Gasteiger partial charge in [0, 0.05) is 44.1 Å². The largest absolute Gasteiger partial charge is 0.454 e. The lowest BCUT2D eigenvalue weighted by molar-refractivity contribution is 0.669. The van der Waals surface area contributed by atoms with Gasteiger partial charge in [0.1, 0.15) is 11.0 Å². The van der Waals surface area contributed by atoms with Gasteiger partial charge < -0.3 is 14.2 Å². The summed E-state index contributed by atoms with van der Waals surface area (Å²) in [6, 6.07) is 51.9. The van der Waals surface area contributed by atoms with Crippen molar-refractivity contribution in [2.75, 3.05) is 9.80 Å². The molecular weight excluding hydrogens is 534 g/mol. The van der Waals surface area contributed by atoms with Crippen LogP contribution in [0.25, 0.3) is 21.9 Å². The van der Waals surface area contributed by atoms with Crippen molar-refractivity contribution in [3.63, 3.8) is 0 Å². The molecule has 42 heavy (non-hydrogen) atoms. The average Bonchev–Trinajstić information content (AvgIpc) is 3.44. The summed E-state index contributed by atoms with van der Waals surface area (Å²) in [5, 5.41) is 13.4. The molecule has 0 saturated heterocycles. The molecule has 0 atom stereocenters. The predicted molar refractivity (Wildman–Crippen MR) is 175 cm³/mol. The highest BCUT2D eigenvalue weighted by molar-refractivity contribution is 8.03. The molecule has 1 aromatic heterocycles. The Morgan fingerprint density at radius 3 is 1.62 bits per heavy atom. The first-order valence-corrected chi connectivity index (χ1v) is 14.5. The van der Waals surface area contributed by atoms with Crippen LogP contribution >= 0.6 is 11.8 Å². The number of anilines is 6. The van der Waals surface area contributed by atoms with E-state index in [2.05, 4.69) is 112 Å². The molecule has 0 N–H and O–H groups in total. The van der Waals surface area contributed by atoms with E-state index in [0.29, 0.717) is 0 Å². The van der Waals surface area contributed by atoms with Crippen LogP contribution in [0.2, 0.25) is 0 Å². The van der Waals surface area contributed by atoms with E-state index >= 15 is 0 Å². The van der Waals surface area contributed by atoms with Gasteiger partial charge in [-0.3, -0.25) is 0 Å². The molecule has 0 aliphatic heterocycles. The van der Waals surface area contributed by atoms with Crippen LogP contribution in [0.5, 0.6) is 0 Å². The van der Waals surface area contributed by atoms with Gasteiger partial charge in [0.2, 0.25) is 0 Å². The number of hydrogen-bond donors (Lipinski definition) is 0. The SMILES string of the molecule is N#CSc1ccc(N(c2ccccc2)c2ccc(N(c3ccccc3)c3cccc4c3oc3ccccc34)cc2)cc1. The smallest absolute Gasteiger partial charge is 0.159 e. The fourth-order valence-electron chi connectivity index (χ4n) is 5.40. The fourth-order valence-corrected chi connectivity index (χ4v) is 5.78.